The Morgan fingerprint density at radius 1 is 1.45 bits per heavy atom. The number of halogens is 2. The molecule has 1 heterocycles. The molecule has 0 aliphatic rings. The lowest BCUT2D eigenvalue weighted by molar-refractivity contribution is 0.542. The van der Waals surface area contributed by atoms with Gasteiger partial charge in [-0.05, 0) is 43.7 Å². The summed E-state index contributed by atoms with van der Waals surface area (Å²) in [6.07, 6.45) is 2.61. The van der Waals surface area contributed by atoms with Gasteiger partial charge in [-0.1, -0.05) is 22.9 Å². The Balaban J connectivity index is 2.30. The summed E-state index contributed by atoms with van der Waals surface area (Å²) in [5, 5.41) is 7.74. The highest BCUT2D eigenvalue weighted by molar-refractivity contribution is 9.10. The van der Waals surface area contributed by atoms with Gasteiger partial charge in [0.25, 0.3) is 0 Å². The Morgan fingerprint density at radius 2 is 2.20 bits per heavy atom. The third-order valence-corrected chi connectivity index (χ3v) is 4.30. The zero-order valence-corrected chi connectivity index (χ0v) is 13.5. The minimum absolute atomic E-state index is 0.131. The number of hydrogen-bond donors (Lipinski definition) is 1. The van der Waals surface area contributed by atoms with Crippen molar-refractivity contribution in [2.75, 3.05) is 6.54 Å². The molecule has 108 valence electrons. The smallest absolute Gasteiger partial charge is 0.123 e. The number of hydrogen-bond acceptors (Lipinski definition) is 2. The Hall–Kier alpha value is -1.20. The van der Waals surface area contributed by atoms with E-state index in [1.54, 1.807) is 12.1 Å². The Bertz CT molecular complexity index is 595. The molecular formula is C15H19BrFN3. The van der Waals surface area contributed by atoms with E-state index in [2.05, 4.69) is 33.3 Å². The lowest BCUT2D eigenvalue weighted by Crippen LogP contribution is -2.23. The van der Waals surface area contributed by atoms with Gasteiger partial charge in [0.2, 0.25) is 0 Å². The number of nitrogens with zero attached hydrogens (tertiary/aromatic N) is 2. The van der Waals surface area contributed by atoms with Gasteiger partial charge >= 0.3 is 0 Å². The van der Waals surface area contributed by atoms with E-state index in [1.165, 1.54) is 6.07 Å². The Labute approximate surface area is 127 Å². The van der Waals surface area contributed by atoms with E-state index in [9.17, 15) is 4.39 Å². The summed E-state index contributed by atoms with van der Waals surface area (Å²) in [6, 6.07) is 4.93. The maximum Gasteiger partial charge on any atom is 0.123 e. The van der Waals surface area contributed by atoms with Gasteiger partial charge in [-0.2, -0.15) is 5.10 Å². The fourth-order valence-corrected chi connectivity index (χ4v) is 2.72. The molecule has 0 fully saturated rings. The maximum absolute atomic E-state index is 13.4. The van der Waals surface area contributed by atoms with Crippen LogP contribution >= 0.6 is 15.9 Å². The largest absolute Gasteiger partial charge is 0.310 e. The third-order valence-electron chi connectivity index (χ3n) is 3.53. The van der Waals surface area contributed by atoms with Crippen LogP contribution in [0.2, 0.25) is 0 Å². The van der Waals surface area contributed by atoms with Crippen LogP contribution in [0.25, 0.3) is 0 Å². The van der Waals surface area contributed by atoms with Gasteiger partial charge in [-0.25, -0.2) is 4.39 Å². The highest BCUT2D eigenvalue weighted by Crippen LogP contribution is 2.26. The molecule has 1 aromatic carbocycles. The Kier molecular flexibility index (Phi) is 4.94. The second kappa shape index (κ2) is 6.50. The van der Waals surface area contributed by atoms with Gasteiger partial charge in [-0.15, -0.1) is 0 Å². The number of benzene rings is 1. The molecule has 1 unspecified atom stereocenters. The molecule has 0 saturated heterocycles. The van der Waals surface area contributed by atoms with E-state index in [0.717, 1.165) is 34.3 Å². The SMILES string of the molecule is CCNC(Cc1cc(F)ccc1Br)c1cnn(C)c1C. The Morgan fingerprint density at radius 3 is 2.80 bits per heavy atom. The van der Waals surface area contributed by atoms with Gasteiger partial charge in [0, 0.05) is 28.8 Å². The van der Waals surface area contributed by atoms with Crippen molar-refractivity contribution in [1.29, 1.82) is 0 Å². The van der Waals surface area contributed by atoms with Crippen LogP contribution < -0.4 is 5.32 Å². The lowest BCUT2D eigenvalue weighted by atomic mass is 9.99. The number of likely N-dealkylation sites (N-methyl/N-ethyl adjacent to an activating group) is 1. The third kappa shape index (κ3) is 3.27. The quantitative estimate of drug-likeness (QED) is 0.903. The first kappa shape index (κ1) is 15.2. The highest BCUT2D eigenvalue weighted by atomic mass is 79.9. The molecule has 5 heteroatoms. The van der Waals surface area contributed by atoms with Crippen LogP contribution in [0.5, 0.6) is 0 Å². The first-order valence-electron chi connectivity index (χ1n) is 6.68. The molecule has 1 atom stereocenters. The topological polar surface area (TPSA) is 29.9 Å². The van der Waals surface area contributed by atoms with Gasteiger partial charge in [0.1, 0.15) is 5.82 Å². The van der Waals surface area contributed by atoms with Crippen LogP contribution in [0.4, 0.5) is 4.39 Å². The fraction of sp³-hybridized carbons (Fsp3) is 0.400. The second-order valence-corrected chi connectivity index (χ2v) is 5.71. The van der Waals surface area contributed by atoms with Crippen molar-refractivity contribution in [1.82, 2.24) is 15.1 Å². The van der Waals surface area contributed by atoms with Gasteiger partial charge in [0.05, 0.1) is 6.20 Å². The number of nitrogens with one attached hydrogen (secondary N) is 1. The van der Waals surface area contributed by atoms with Gasteiger partial charge in [-0.3, -0.25) is 4.68 Å². The average Bonchev–Trinajstić information content (AvgIpc) is 2.74. The predicted octanol–water partition coefficient (Wildman–Crippen LogP) is 3.52. The first-order valence-corrected chi connectivity index (χ1v) is 7.48. The van der Waals surface area contributed by atoms with Gasteiger partial charge in [0.15, 0.2) is 0 Å². The zero-order chi connectivity index (χ0) is 14.7. The van der Waals surface area contributed by atoms with Crippen molar-refractivity contribution in [2.45, 2.75) is 26.3 Å². The van der Waals surface area contributed by atoms with Crippen molar-refractivity contribution in [3.63, 3.8) is 0 Å². The van der Waals surface area contributed by atoms with Crippen molar-refractivity contribution in [2.24, 2.45) is 7.05 Å². The molecule has 0 aliphatic carbocycles. The molecular weight excluding hydrogens is 321 g/mol. The van der Waals surface area contributed by atoms with Crippen LogP contribution in [0.15, 0.2) is 28.9 Å². The van der Waals surface area contributed by atoms with Gasteiger partial charge < -0.3 is 5.32 Å². The maximum atomic E-state index is 13.4. The lowest BCUT2D eigenvalue weighted by Gasteiger charge is -2.19. The first-order chi connectivity index (χ1) is 9.52. The molecule has 0 bridgehead atoms. The molecule has 0 aliphatic heterocycles. The molecule has 1 aromatic heterocycles. The van der Waals surface area contributed by atoms with Crippen molar-refractivity contribution in [3.8, 4) is 0 Å². The molecule has 20 heavy (non-hydrogen) atoms. The highest BCUT2D eigenvalue weighted by Gasteiger charge is 2.17. The van der Waals surface area contributed by atoms with E-state index < -0.39 is 0 Å². The molecule has 3 nitrogen and oxygen atoms in total. The monoisotopic (exact) mass is 339 g/mol. The summed E-state index contributed by atoms with van der Waals surface area (Å²) in [7, 11) is 1.93. The van der Waals surface area contributed by atoms with Crippen molar-refractivity contribution in [3.05, 3.63) is 51.5 Å². The van der Waals surface area contributed by atoms with Crippen molar-refractivity contribution >= 4 is 15.9 Å². The molecule has 1 N–H and O–H groups in total. The predicted molar refractivity (Wildman–Crippen MR) is 82.2 cm³/mol. The van der Waals surface area contributed by atoms with Crippen LogP contribution in [-0.2, 0) is 13.5 Å². The molecule has 0 spiro atoms. The summed E-state index contributed by atoms with van der Waals surface area (Å²) >= 11 is 3.49. The molecule has 2 aromatic rings. The molecule has 0 amide bonds. The van der Waals surface area contributed by atoms with E-state index in [0.29, 0.717) is 0 Å². The number of aromatic nitrogens is 2. The van der Waals surface area contributed by atoms with E-state index in [-0.39, 0.29) is 11.9 Å². The van der Waals surface area contributed by atoms with Crippen LogP contribution in [0, 0.1) is 12.7 Å². The summed E-state index contributed by atoms with van der Waals surface area (Å²) in [4.78, 5) is 0. The molecule has 2 rings (SSSR count). The molecule has 0 saturated carbocycles. The standard InChI is InChI=1S/C15H19BrFN3/c1-4-18-15(13-9-19-20(3)10(13)2)8-11-7-12(17)5-6-14(11)16/h5-7,9,15,18H,4,8H2,1-3H3. The minimum atomic E-state index is -0.207. The second-order valence-electron chi connectivity index (χ2n) is 4.86. The molecule has 0 radical (unpaired) electrons. The van der Waals surface area contributed by atoms with Crippen molar-refractivity contribution < 1.29 is 4.39 Å². The summed E-state index contributed by atoms with van der Waals surface area (Å²) in [5.74, 6) is -0.207. The summed E-state index contributed by atoms with van der Waals surface area (Å²) < 4.78 is 16.2. The summed E-state index contributed by atoms with van der Waals surface area (Å²) in [5.41, 5.74) is 3.24. The van der Waals surface area contributed by atoms with Crippen LogP contribution in [0.1, 0.15) is 29.8 Å². The minimum Gasteiger partial charge on any atom is -0.310 e. The zero-order valence-electron chi connectivity index (χ0n) is 12.0. The van der Waals surface area contributed by atoms with Crippen LogP contribution in [0.3, 0.4) is 0 Å². The summed E-state index contributed by atoms with van der Waals surface area (Å²) in [6.45, 7) is 4.97. The fourth-order valence-electron chi connectivity index (χ4n) is 2.32. The number of aryl methyl sites for hydroxylation is 1. The van der Waals surface area contributed by atoms with E-state index in [4.69, 9.17) is 0 Å². The number of rotatable bonds is 5. The van der Waals surface area contributed by atoms with Crippen LogP contribution in [-0.4, -0.2) is 16.3 Å². The normalized spacial score (nSPS) is 12.7. The van der Waals surface area contributed by atoms with E-state index in [1.807, 2.05) is 24.9 Å². The van der Waals surface area contributed by atoms with E-state index >= 15 is 0 Å². The average molecular weight is 340 g/mol.